The zero-order chi connectivity index (χ0) is 10.6. The number of hydrogen-bond acceptors (Lipinski definition) is 1. The highest BCUT2D eigenvalue weighted by Gasteiger charge is 2.06. The lowest BCUT2D eigenvalue weighted by Gasteiger charge is -1.97. The summed E-state index contributed by atoms with van der Waals surface area (Å²) in [6, 6.07) is 3.68. The van der Waals surface area contributed by atoms with Crippen molar-refractivity contribution in [3.05, 3.63) is 33.8 Å². The van der Waals surface area contributed by atoms with Gasteiger partial charge in [-0.05, 0) is 22.0 Å². The standard InChI is InChI=1S/C10H4BrF2N/c11-9-5-7(12)6-10(13)8(9)3-1-2-4-14/h5-6H,2H2. The van der Waals surface area contributed by atoms with Crippen molar-refractivity contribution in [1.29, 1.82) is 5.26 Å². The predicted molar refractivity (Wildman–Crippen MR) is 51.2 cm³/mol. The van der Waals surface area contributed by atoms with Crippen molar-refractivity contribution < 1.29 is 8.78 Å². The molecule has 4 heteroatoms. The first-order valence-corrected chi connectivity index (χ1v) is 4.45. The maximum atomic E-state index is 13.1. The molecule has 0 aromatic heterocycles. The molecule has 0 aliphatic rings. The summed E-state index contributed by atoms with van der Waals surface area (Å²) in [6.45, 7) is 0. The Hall–Kier alpha value is -1.39. The average Bonchev–Trinajstić information content (AvgIpc) is 2.09. The molecule has 1 nitrogen and oxygen atoms in total. The first-order valence-electron chi connectivity index (χ1n) is 3.65. The van der Waals surface area contributed by atoms with Crippen LogP contribution < -0.4 is 0 Å². The highest BCUT2D eigenvalue weighted by atomic mass is 79.9. The largest absolute Gasteiger partial charge is 0.207 e. The minimum Gasteiger partial charge on any atom is -0.207 e. The first kappa shape index (κ1) is 10.7. The Morgan fingerprint density at radius 2 is 2.07 bits per heavy atom. The fraction of sp³-hybridized carbons (Fsp3) is 0.100. The lowest BCUT2D eigenvalue weighted by Crippen LogP contribution is -1.88. The van der Waals surface area contributed by atoms with E-state index >= 15 is 0 Å². The second kappa shape index (κ2) is 4.74. The molecule has 1 aromatic rings. The molecule has 0 bridgehead atoms. The van der Waals surface area contributed by atoms with Crippen molar-refractivity contribution in [2.24, 2.45) is 0 Å². The van der Waals surface area contributed by atoms with Crippen LogP contribution in [-0.2, 0) is 0 Å². The molecule has 14 heavy (non-hydrogen) atoms. The first-order chi connectivity index (χ1) is 6.65. The summed E-state index contributed by atoms with van der Waals surface area (Å²) in [5.74, 6) is 3.50. The van der Waals surface area contributed by atoms with Crippen molar-refractivity contribution >= 4 is 15.9 Å². The molecule has 1 rings (SSSR count). The van der Waals surface area contributed by atoms with Crippen LogP contribution in [-0.4, -0.2) is 0 Å². The van der Waals surface area contributed by atoms with Gasteiger partial charge in [-0.3, -0.25) is 0 Å². The zero-order valence-electron chi connectivity index (χ0n) is 6.94. The molecule has 0 aliphatic carbocycles. The number of benzene rings is 1. The lowest BCUT2D eigenvalue weighted by molar-refractivity contribution is 0.579. The maximum Gasteiger partial charge on any atom is 0.142 e. The fourth-order valence-electron chi connectivity index (χ4n) is 0.834. The van der Waals surface area contributed by atoms with Crippen molar-refractivity contribution in [2.45, 2.75) is 6.42 Å². The SMILES string of the molecule is N#CCC#Cc1c(F)cc(F)cc1Br. The van der Waals surface area contributed by atoms with Gasteiger partial charge in [-0.25, -0.2) is 8.78 Å². The maximum absolute atomic E-state index is 13.1. The van der Waals surface area contributed by atoms with E-state index in [4.69, 9.17) is 5.26 Å². The van der Waals surface area contributed by atoms with E-state index in [1.807, 2.05) is 0 Å². The minimum absolute atomic E-state index is 0.0171. The van der Waals surface area contributed by atoms with E-state index in [-0.39, 0.29) is 16.5 Å². The predicted octanol–water partition coefficient (Wildman–Crippen LogP) is 2.99. The molecule has 0 heterocycles. The summed E-state index contributed by atoms with van der Waals surface area (Å²) in [5.41, 5.74) is 0.0710. The van der Waals surface area contributed by atoms with Crippen molar-refractivity contribution in [3.63, 3.8) is 0 Å². The third-order valence-electron chi connectivity index (χ3n) is 1.39. The van der Waals surface area contributed by atoms with Crippen LogP contribution in [0.3, 0.4) is 0 Å². The smallest absolute Gasteiger partial charge is 0.142 e. The van der Waals surface area contributed by atoms with E-state index in [2.05, 4.69) is 27.8 Å². The molecule has 0 aliphatic heterocycles. The highest BCUT2D eigenvalue weighted by molar-refractivity contribution is 9.10. The zero-order valence-corrected chi connectivity index (χ0v) is 8.53. The van der Waals surface area contributed by atoms with Gasteiger partial charge in [0.25, 0.3) is 0 Å². The van der Waals surface area contributed by atoms with E-state index in [9.17, 15) is 8.78 Å². The molecule has 0 saturated heterocycles. The number of nitriles is 1. The number of rotatable bonds is 0. The molecule has 0 unspecified atom stereocenters. The molecule has 0 saturated carbocycles. The second-order valence-corrected chi connectivity index (χ2v) is 3.24. The lowest BCUT2D eigenvalue weighted by atomic mass is 10.2. The summed E-state index contributed by atoms with van der Waals surface area (Å²) in [4.78, 5) is 0. The molecule has 0 fully saturated rings. The van der Waals surface area contributed by atoms with Gasteiger partial charge in [0.15, 0.2) is 0 Å². The fourth-order valence-corrected chi connectivity index (χ4v) is 1.34. The van der Waals surface area contributed by atoms with Crippen molar-refractivity contribution in [2.75, 3.05) is 0 Å². The molecule has 0 spiro atoms. The quantitative estimate of drug-likeness (QED) is 0.654. The molecular weight excluding hydrogens is 252 g/mol. The summed E-state index contributed by atoms with van der Waals surface area (Å²) in [5, 5.41) is 8.21. The summed E-state index contributed by atoms with van der Waals surface area (Å²) >= 11 is 2.98. The van der Waals surface area contributed by atoms with Crippen LogP contribution in [0, 0.1) is 34.8 Å². The third kappa shape index (κ3) is 2.55. The van der Waals surface area contributed by atoms with Crippen LogP contribution in [0.15, 0.2) is 16.6 Å². The van der Waals surface area contributed by atoms with Crippen LogP contribution in [0.5, 0.6) is 0 Å². The average molecular weight is 256 g/mol. The van der Waals surface area contributed by atoms with Crippen LogP contribution in [0.2, 0.25) is 0 Å². The van der Waals surface area contributed by atoms with Crippen LogP contribution in [0.1, 0.15) is 12.0 Å². The highest BCUT2D eigenvalue weighted by Crippen LogP contribution is 2.20. The molecular formula is C10H4BrF2N. The molecule has 0 radical (unpaired) electrons. The normalized spacial score (nSPS) is 8.71. The molecule has 0 N–H and O–H groups in total. The van der Waals surface area contributed by atoms with Crippen LogP contribution >= 0.6 is 15.9 Å². The van der Waals surface area contributed by atoms with E-state index in [0.29, 0.717) is 0 Å². The Kier molecular flexibility index (Phi) is 3.62. The van der Waals surface area contributed by atoms with E-state index < -0.39 is 11.6 Å². The van der Waals surface area contributed by atoms with E-state index in [1.54, 1.807) is 6.07 Å². The van der Waals surface area contributed by atoms with Gasteiger partial charge in [-0.15, -0.1) is 0 Å². The van der Waals surface area contributed by atoms with Gasteiger partial charge in [0.1, 0.15) is 11.6 Å². The van der Waals surface area contributed by atoms with Gasteiger partial charge in [0, 0.05) is 10.5 Å². The third-order valence-corrected chi connectivity index (χ3v) is 2.01. The van der Waals surface area contributed by atoms with Crippen LogP contribution in [0.25, 0.3) is 0 Å². The van der Waals surface area contributed by atoms with Gasteiger partial charge in [0.05, 0.1) is 18.1 Å². The molecule has 70 valence electrons. The Bertz CT molecular complexity index is 428. The Balaban J connectivity index is 3.12. The Labute approximate surface area is 88.5 Å². The van der Waals surface area contributed by atoms with Gasteiger partial charge in [-0.2, -0.15) is 5.26 Å². The monoisotopic (exact) mass is 255 g/mol. The topological polar surface area (TPSA) is 23.8 Å². The van der Waals surface area contributed by atoms with Crippen molar-refractivity contribution in [3.8, 4) is 17.9 Å². The Morgan fingerprint density at radius 1 is 1.36 bits per heavy atom. The van der Waals surface area contributed by atoms with Crippen molar-refractivity contribution in [1.82, 2.24) is 0 Å². The number of hydrogen-bond donors (Lipinski definition) is 0. The molecule has 1 aromatic carbocycles. The van der Waals surface area contributed by atoms with Crippen LogP contribution in [0.4, 0.5) is 8.78 Å². The van der Waals surface area contributed by atoms with Gasteiger partial charge in [0.2, 0.25) is 0 Å². The number of nitrogens with zero attached hydrogens (tertiary/aromatic N) is 1. The summed E-state index contributed by atoms with van der Waals surface area (Å²) in [7, 11) is 0. The van der Waals surface area contributed by atoms with Gasteiger partial charge < -0.3 is 0 Å². The van der Waals surface area contributed by atoms with E-state index in [0.717, 1.165) is 12.1 Å². The number of halogens is 3. The van der Waals surface area contributed by atoms with Gasteiger partial charge in [-0.1, -0.05) is 11.8 Å². The van der Waals surface area contributed by atoms with E-state index in [1.165, 1.54) is 0 Å². The summed E-state index contributed by atoms with van der Waals surface area (Å²) < 4.78 is 26.0. The van der Waals surface area contributed by atoms with Gasteiger partial charge >= 0.3 is 0 Å². The Morgan fingerprint density at radius 3 is 2.64 bits per heavy atom. The molecule has 0 atom stereocenters. The molecule has 0 amide bonds. The second-order valence-electron chi connectivity index (χ2n) is 2.38. The minimum atomic E-state index is -0.734. The summed E-state index contributed by atoms with van der Waals surface area (Å²) in [6.07, 6.45) is 0.0171.